The van der Waals surface area contributed by atoms with Gasteiger partial charge in [0.2, 0.25) is 5.91 Å². The van der Waals surface area contributed by atoms with Gasteiger partial charge in [0, 0.05) is 13.7 Å². The summed E-state index contributed by atoms with van der Waals surface area (Å²) in [4.78, 5) is 12.1. The van der Waals surface area contributed by atoms with Crippen molar-refractivity contribution in [2.24, 2.45) is 5.41 Å². The molecule has 1 unspecified atom stereocenters. The average molecular weight is 302 g/mol. The van der Waals surface area contributed by atoms with Crippen molar-refractivity contribution < 1.29 is 9.53 Å². The summed E-state index contributed by atoms with van der Waals surface area (Å²) in [5, 5.41) is 2.89. The molecule has 2 rings (SSSR count). The van der Waals surface area contributed by atoms with Gasteiger partial charge in [-0.2, -0.15) is 0 Å². The fourth-order valence-corrected chi connectivity index (χ4v) is 2.75. The third-order valence-corrected chi connectivity index (χ3v) is 4.72. The molecule has 1 aliphatic carbocycles. The van der Waals surface area contributed by atoms with E-state index < -0.39 is 9.75 Å². The van der Waals surface area contributed by atoms with E-state index in [1.54, 1.807) is 14.0 Å². The molecular formula is C14H17Cl2NO2. The Labute approximate surface area is 123 Å². The third-order valence-electron chi connectivity index (χ3n) is 3.62. The lowest BCUT2D eigenvalue weighted by atomic mass is 10.1. The number of hydrogen-bond acceptors (Lipinski definition) is 2. The first-order valence-corrected chi connectivity index (χ1v) is 6.88. The second-order valence-electron chi connectivity index (χ2n) is 5.10. The fourth-order valence-electron chi connectivity index (χ4n) is 2.04. The monoisotopic (exact) mass is 301 g/mol. The Balaban J connectivity index is 1.98. The standard InChI is InChI=1S/C14H17Cl2NO2/c1-13(9-14(13,15)16)12(18)17-7-10-5-3-4-6-11(10)8-19-2/h3-6H,7-9H2,1-2H3,(H,17,18). The molecule has 1 aliphatic rings. The van der Waals surface area contributed by atoms with Crippen LogP contribution in [0.15, 0.2) is 24.3 Å². The van der Waals surface area contributed by atoms with Crippen LogP contribution in [0.5, 0.6) is 0 Å². The molecule has 1 atom stereocenters. The predicted octanol–water partition coefficient (Wildman–Crippen LogP) is 3.03. The normalized spacial score (nSPS) is 24.0. The molecule has 0 aliphatic heterocycles. The highest BCUT2D eigenvalue weighted by Crippen LogP contribution is 2.63. The van der Waals surface area contributed by atoms with Crippen LogP contribution in [-0.4, -0.2) is 17.4 Å². The molecule has 1 N–H and O–H groups in total. The van der Waals surface area contributed by atoms with Crippen LogP contribution in [0.1, 0.15) is 24.5 Å². The Morgan fingerprint density at radius 3 is 2.47 bits per heavy atom. The van der Waals surface area contributed by atoms with Crippen LogP contribution in [-0.2, 0) is 22.7 Å². The van der Waals surface area contributed by atoms with E-state index >= 15 is 0 Å². The first kappa shape index (κ1) is 14.6. The largest absolute Gasteiger partial charge is 0.380 e. The molecule has 1 saturated carbocycles. The SMILES string of the molecule is COCc1ccccc1CNC(=O)C1(C)CC1(Cl)Cl. The second kappa shape index (κ2) is 5.31. The van der Waals surface area contributed by atoms with Crippen LogP contribution < -0.4 is 5.32 Å². The average Bonchev–Trinajstić information content (AvgIpc) is 2.89. The van der Waals surface area contributed by atoms with E-state index in [1.165, 1.54) is 0 Å². The molecular weight excluding hydrogens is 285 g/mol. The van der Waals surface area contributed by atoms with Gasteiger partial charge < -0.3 is 10.1 Å². The molecule has 1 aromatic carbocycles. The minimum absolute atomic E-state index is 0.107. The highest BCUT2D eigenvalue weighted by Gasteiger charge is 2.67. The minimum atomic E-state index is -0.927. The van der Waals surface area contributed by atoms with Crippen molar-refractivity contribution in [1.29, 1.82) is 0 Å². The maximum Gasteiger partial charge on any atom is 0.229 e. The topological polar surface area (TPSA) is 38.3 Å². The minimum Gasteiger partial charge on any atom is -0.380 e. The first-order valence-electron chi connectivity index (χ1n) is 6.12. The van der Waals surface area contributed by atoms with Gasteiger partial charge in [-0.3, -0.25) is 4.79 Å². The van der Waals surface area contributed by atoms with E-state index in [4.69, 9.17) is 27.9 Å². The van der Waals surface area contributed by atoms with Crippen LogP contribution in [0, 0.1) is 5.41 Å². The lowest BCUT2D eigenvalue weighted by molar-refractivity contribution is -0.125. The zero-order valence-electron chi connectivity index (χ0n) is 11.0. The van der Waals surface area contributed by atoms with Gasteiger partial charge in [0.25, 0.3) is 0 Å². The Hall–Kier alpha value is -0.770. The van der Waals surface area contributed by atoms with Crippen LogP contribution in [0.2, 0.25) is 0 Å². The van der Waals surface area contributed by atoms with Crippen LogP contribution >= 0.6 is 23.2 Å². The molecule has 3 nitrogen and oxygen atoms in total. The summed E-state index contributed by atoms with van der Waals surface area (Å²) < 4.78 is 4.21. The van der Waals surface area contributed by atoms with Crippen molar-refractivity contribution in [3.63, 3.8) is 0 Å². The van der Waals surface area contributed by atoms with Gasteiger partial charge in [-0.15, -0.1) is 23.2 Å². The van der Waals surface area contributed by atoms with Crippen molar-refractivity contribution in [1.82, 2.24) is 5.32 Å². The molecule has 1 fully saturated rings. The molecule has 0 saturated heterocycles. The highest BCUT2D eigenvalue weighted by atomic mass is 35.5. The number of rotatable bonds is 5. The summed E-state index contributed by atoms with van der Waals surface area (Å²) >= 11 is 12.0. The molecule has 1 aromatic rings. The molecule has 0 heterocycles. The van der Waals surface area contributed by atoms with Gasteiger partial charge in [-0.1, -0.05) is 24.3 Å². The zero-order chi connectivity index (χ0) is 14.1. The van der Waals surface area contributed by atoms with Crippen molar-refractivity contribution in [2.45, 2.75) is 30.8 Å². The zero-order valence-corrected chi connectivity index (χ0v) is 12.5. The summed E-state index contributed by atoms with van der Waals surface area (Å²) in [5.41, 5.74) is 1.43. The van der Waals surface area contributed by atoms with Gasteiger partial charge in [-0.25, -0.2) is 0 Å². The van der Waals surface area contributed by atoms with Gasteiger partial charge in [-0.05, 0) is 24.5 Å². The summed E-state index contributed by atoms with van der Waals surface area (Å²) in [7, 11) is 1.65. The van der Waals surface area contributed by atoms with Gasteiger partial charge in [0.15, 0.2) is 0 Å². The molecule has 5 heteroatoms. The van der Waals surface area contributed by atoms with E-state index in [1.807, 2.05) is 24.3 Å². The fraction of sp³-hybridized carbons (Fsp3) is 0.500. The number of halogens is 2. The molecule has 0 radical (unpaired) electrons. The maximum absolute atomic E-state index is 12.1. The van der Waals surface area contributed by atoms with E-state index in [-0.39, 0.29) is 5.91 Å². The summed E-state index contributed by atoms with van der Waals surface area (Å²) in [6.45, 7) is 2.76. The predicted molar refractivity (Wildman–Crippen MR) is 76.2 cm³/mol. The Morgan fingerprint density at radius 1 is 1.37 bits per heavy atom. The van der Waals surface area contributed by atoms with Gasteiger partial charge in [0.1, 0.15) is 4.33 Å². The lowest BCUT2D eigenvalue weighted by Crippen LogP contribution is -2.33. The van der Waals surface area contributed by atoms with Crippen molar-refractivity contribution in [3.05, 3.63) is 35.4 Å². The van der Waals surface area contributed by atoms with E-state index in [9.17, 15) is 4.79 Å². The number of carbonyl (C=O) groups excluding carboxylic acids is 1. The quantitative estimate of drug-likeness (QED) is 0.849. The lowest BCUT2D eigenvalue weighted by Gasteiger charge is -2.14. The number of benzene rings is 1. The van der Waals surface area contributed by atoms with Crippen molar-refractivity contribution in [2.75, 3.05) is 7.11 Å². The molecule has 0 aromatic heterocycles. The summed E-state index contributed by atoms with van der Waals surface area (Å²) in [6.07, 6.45) is 0.495. The van der Waals surface area contributed by atoms with E-state index in [2.05, 4.69) is 5.32 Å². The number of nitrogens with one attached hydrogen (secondary N) is 1. The number of amides is 1. The number of methoxy groups -OCH3 is 1. The van der Waals surface area contributed by atoms with Crippen LogP contribution in [0.3, 0.4) is 0 Å². The van der Waals surface area contributed by atoms with Crippen molar-refractivity contribution in [3.8, 4) is 0 Å². The number of alkyl halides is 2. The Bertz CT molecular complexity index is 490. The smallest absolute Gasteiger partial charge is 0.229 e. The number of carbonyl (C=O) groups is 1. The van der Waals surface area contributed by atoms with Crippen LogP contribution in [0.4, 0.5) is 0 Å². The van der Waals surface area contributed by atoms with E-state index in [0.717, 1.165) is 11.1 Å². The van der Waals surface area contributed by atoms with Gasteiger partial charge in [0.05, 0.1) is 12.0 Å². The molecule has 0 spiro atoms. The highest BCUT2D eigenvalue weighted by molar-refractivity contribution is 6.53. The molecule has 1 amide bonds. The van der Waals surface area contributed by atoms with Crippen LogP contribution in [0.25, 0.3) is 0 Å². The molecule has 19 heavy (non-hydrogen) atoms. The number of ether oxygens (including phenoxy) is 1. The van der Waals surface area contributed by atoms with E-state index in [0.29, 0.717) is 19.6 Å². The summed E-state index contributed by atoms with van der Waals surface area (Å²) in [6, 6.07) is 7.84. The second-order valence-corrected chi connectivity index (χ2v) is 6.58. The number of hydrogen-bond donors (Lipinski definition) is 1. The summed E-state index contributed by atoms with van der Waals surface area (Å²) in [5.74, 6) is -0.107. The first-order chi connectivity index (χ1) is 8.90. The molecule has 104 valence electrons. The Morgan fingerprint density at radius 2 is 1.95 bits per heavy atom. The third kappa shape index (κ3) is 2.88. The van der Waals surface area contributed by atoms with Crippen molar-refractivity contribution >= 4 is 29.1 Å². The molecule has 0 bridgehead atoms. The van der Waals surface area contributed by atoms with Gasteiger partial charge >= 0.3 is 0 Å². The maximum atomic E-state index is 12.1. The Kier molecular flexibility index (Phi) is 4.09.